The van der Waals surface area contributed by atoms with Crippen molar-refractivity contribution in [2.75, 3.05) is 31.1 Å². The molecule has 3 rings (SSSR count). The van der Waals surface area contributed by atoms with Crippen LogP contribution in [-0.2, 0) is 11.3 Å². The molecule has 1 aliphatic heterocycles. The maximum Gasteiger partial charge on any atom is 0.224 e. The number of piperazine rings is 1. The van der Waals surface area contributed by atoms with Crippen LogP contribution in [-0.4, -0.2) is 51.8 Å². The number of rotatable bonds is 4. The van der Waals surface area contributed by atoms with Crippen molar-refractivity contribution in [3.05, 3.63) is 41.8 Å². The van der Waals surface area contributed by atoms with Gasteiger partial charge in [-0.05, 0) is 12.1 Å². The van der Waals surface area contributed by atoms with Crippen LogP contribution in [0.15, 0.2) is 36.8 Å². The molecule has 0 atom stereocenters. The first kappa shape index (κ1) is 14.8. The number of amides is 1. The van der Waals surface area contributed by atoms with Crippen LogP contribution in [0.2, 0.25) is 5.02 Å². The van der Waals surface area contributed by atoms with Gasteiger partial charge in [0.05, 0.1) is 11.2 Å². The monoisotopic (exact) mass is 319 g/mol. The minimum atomic E-state index is 0.160. The van der Waals surface area contributed by atoms with Crippen LogP contribution < -0.4 is 4.90 Å². The Bertz CT molecular complexity index is 622. The summed E-state index contributed by atoms with van der Waals surface area (Å²) in [6, 6.07) is 5.89. The van der Waals surface area contributed by atoms with Crippen molar-refractivity contribution in [2.24, 2.45) is 0 Å². The highest BCUT2D eigenvalue weighted by Crippen LogP contribution is 2.13. The minimum absolute atomic E-state index is 0.160. The van der Waals surface area contributed by atoms with Crippen LogP contribution in [0.1, 0.15) is 6.42 Å². The number of anilines is 1. The zero-order valence-electron chi connectivity index (χ0n) is 12.2. The van der Waals surface area contributed by atoms with Crippen LogP contribution in [0.3, 0.4) is 0 Å². The molecule has 0 saturated carbocycles. The number of hydrogen-bond donors (Lipinski definition) is 0. The largest absolute Gasteiger partial charge is 0.353 e. The molecule has 2 aromatic rings. The van der Waals surface area contributed by atoms with Gasteiger partial charge in [-0.2, -0.15) is 5.10 Å². The summed E-state index contributed by atoms with van der Waals surface area (Å²) in [5.41, 5.74) is 0. The molecule has 1 amide bonds. The number of pyridine rings is 1. The van der Waals surface area contributed by atoms with Crippen molar-refractivity contribution >= 4 is 23.3 Å². The molecular formula is C15H18ClN5O. The summed E-state index contributed by atoms with van der Waals surface area (Å²) in [5.74, 6) is 1.13. The Morgan fingerprint density at radius 2 is 2.05 bits per heavy atom. The zero-order chi connectivity index (χ0) is 15.4. The Hall–Kier alpha value is -2.08. The summed E-state index contributed by atoms with van der Waals surface area (Å²) < 4.78 is 1.70. The second kappa shape index (κ2) is 6.79. The van der Waals surface area contributed by atoms with Crippen molar-refractivity contribution in [2.45, 2.75) is 13.0 Å². The standard InChI is InChI=1S/C15H18ClN5O/c16-13-11-18-21(12-13)6-4-15(22)20-9-7-19(8-10-20)14-3-1-2-5-17-14/h1-3,5,11-12H,4,6-10H2. The fraction of sp³-hybridized carbons (Fsp3) is 0.400. The Kier molecular flexibility index (Phi) is 4.58. The number of aromatic nitrogens is 3. The zero-order valence-corrected chi connectivity index (χ0v) is 13.0. The van der Waals surface area contributed by atoms with Gasteiger partial charge >= 0.3 is 0 Å². The van der Waals surface area contributed by atoms with E-state index in [2.05, 4.69) is 15.0 Å². The summed E-state index contributed by atoms with van der Waals surface area (Å²) in [6.07, 6.45) is 5.55. The van der Waals surface area contributed by atoms with Gasteiger partial charge in [-0.3, -0.25) is 9.48 Å². The maximum atomic E-state index is 12.2. The summed E-state index contributed by atoms with van der Waals surface area (Å²) in [6.45, 7) is 3.66. The van der Waals surface area contributed by atoms with Crippen LogP contribution >= 0.6 is 11.6 Å². The molecule has 6 nitrogen and oxygen atoms in total. The minimum Gasteiger partial charge on any atom is -0.353 e. The van der Waals surface area contributed by atoms with E-state index in [4.69, 9.17) is 11.6 Å². The van der Waals surface area contributed by atoms with Gasteiger partial charge in [0.2, 0.25) is 5.91 Å². The highest BCUT2D eigenvalue weighted by atomic mass is 35.5. The SMILES string of the molecule is O=C(CCn1cc(Cl)cn1)N1CCN(c2ccccn2)CC1. The van der Waals surface area contributed by atoms with E-state index in [1.165, 1.54) is 0 Å². The molecule has 0 radical (unpaired) electrons. The van der Waals surface area contributed by atoms with Crippen molar-refractivity contribution in [1.29, 1.82) is 0 Å². The van der Waals surface area contributed by atoms with Crippen LogP contribution in [0, 0.1) is 0 Å². The fourth-order valence-electron chi connectivity index (χ4n) is 2.55. The number of halogens is 1. The number of hydrogen-bond acceptors (Lipinski definition) is 4. The molecule has 0 aliphatic carbocycles. The first-order chi connectivity index (χ1) is 10.7. The van der Waals surface area contributed by atoms with E-state index in [9.17, 15) is 4.79 Å². The molecule has 1 saturated heterocycles. The number of nitrogens with zero attached hydrogens (tertiary/aromatic N) is 5. The van der Waals surface area contributed by atoms with Crippen molar-refractivity contribution in [3.63, 3.8) is 0 Å². The summed E-state index contributed by atoms with van der Waals surface area (Å²) in [4.78, 5) is 20.7. The molecule has 116 valence electrons. The van der Waals surface area contributed by atoms with Crippen molar-refractivity contribution in [1.82, 2.24) is 19.7 Å². The van der Waals surface area contributed by atoms with Gasteiger partial charge in [0.15, 0.2) is 0 Å². The first-order valence-corrected chi connectivity index (χ1v) is 7.72. The Morgan fingerprint density at radius 3 is 2.68 bits per heavy atom. The Morgan fingerprint density at radius 1 is 1.23 bits per heavy atom. The van der Waals surface area contributed by atoms with Crippen molar-refractivity contribution < 1.29 is 4.79 Å². The van der Waals surface area contributed by atoms with E-state index in [0.29, 0.717) is 18.0 Å². The average Bonchev–Trinajstić information content (AvgIpc) is 2.99. The summed E-state index contributed by atoms with van der Waals surface area (Å²) in [7, 11) is 0. The molecule has 0 aromatic carbocycles. The second-order valence-electron chi connectivity index (χ2n) is 5.23. The van der Waals surface area contributed by atoms with E-state index in [1.807, 2.05) is 23.1 Å². The van der Waals surface area contributed by atoms with Crippen LogP contribution in [0.5, 0.6) is 0 Å². The first-order valence-electron chi connectivity index (χ1n) is 7.34. The van der Waals surface area contributed by atoms with Gasteiger partial charge in [-0.15, -0.1) is 0 Å². The topological polar surface area (TPSA) is 54.3 Å². The van der Waals surface area contributed by atoms with E-state index in [0.717, 1.165) is 32.0 Å². The summed E-state index contributed by atoms with van der Waals surface area (Å²) in [5, 5.41) is 4.68. The molecular weight excluding hydrogens is 302 g/mol. The molecule has 0 spiro atoms. The number of carbonyl (C=O) groups is 1. The smallest absolute Gasteiger partial charge is 0.224 e. The highest BCUT2D eigenvalue weighted by Gasteiger charge is 2.21. The summed E-state index contributed by atoms with van der Waals surface area (Å²) >= 11 is 5.81. The van der Waals surface area contributed by atoms with E-state index >= 15 is 0 Å². The lowest BCUT2D eigenvalue weighted by molar-refractivity contribution is -0.131. The van der Waals surface area contributed by atoms with Gasteiger partial charge in [-0.25, -0.2) is 4.98 Å². The van der Waals surface area contributed by atoms with Gasteiger partial charge in [-0.1, -0.05) is 17.7 Å². The van der Waals surface area contributed by atoms with Crippen LogP contribution in [0.25, 0.3) is 0 Å². The lowest BCUT2D eigenvalue weighted by Gasteiger charge is -2.35. The van der Waals surface area contributed by atoms with E-state index in [1.54, 1.807) is 23.3 Å². The maximum absolute atomic E-state index is 12.2. The third-order valence-corrected chi connectivity index (χ3v) is 3.96. The molecule has 0 unspecified atom stereocenters. The average molecular weight is 320 g/mol. The lowest BCUT2D eigenvalue weighted by Crippen LogP contribution is -2.49. The third kappa shape index (κ3) is 3.57. The molecule has 2 aromatic heterocycles. The third-order valence-electron chi connectivity index (χ3n) is 3.76. The molecule has 0 N–H and O–H groups in total. The fourth-order valence-corrected chi connectivity index (χ4v) is 2.71. The highest BCUT2D eigenvalue weighted by molar-refractivity contribution is 6.30. The molecule has 7 heteroatoms. The van der Waals surface area contributed by atoms with E-state index < -0.39 is 0 Å². The molecule has 0 bridgehead atoms. The quantitative estimate of drug-likeness (QED) is 0.860. The van der Waals surface area contributed by atoms with Gasteiger partial charge in [0, 0.05) is 51.5 Å². The Labute approximate surface area is 134 Å². The van der Waals surface area contributed by atoms with Gasteiger partial charge in [0.25, 0.3) is 0 Å². The molecule has 22 heavy (non-hydrogen) atoms. The van der Waals surface area contributed by atoms with Crippen molar-refractivity contribution in [3.8, 4) is 0 Å². The molecule has 3 heterocycles. The predicted molar refractivity (Wildman–Crippen MR) is 84.9 cm³/mol. The van der Waals surface area contributed by atoms with Crippen LogP contribution in [0.4, 0.5) is 5.82 Å². The normalized spacial score (nSPS) is 15.1. The number of aryl methyl sites for hydroxylation is 1. The van der Waals surface area contributed by atoms with Gasteiger partial charge < -0.3 is 9.80 Å². The second-order valence-corrected chi connectivity index (χ2v) is 5.66. The predicted octanol–water partition coefficient (Wildman–Crippen LogP) is 1.67. The van der Waals surface area contributed by atoms with Gasteiger partial charge in [0.1, 0.15) is 5.82 Å². The molecule has 1 fully saturated rings. The number of carbonyl (C=O) groups excluding carboxylic acids is 1. The molecule has 1 aliphatic rings. The van der Waals surface area contributed by atoms with E-state index in [-0.39, 0.29) is 5.91 Å². The Balaban J connectivity index is 1.47. The lowest BCUT2D eigenvalue weighted by atomic mass is 10.2.